The minimum atomic E-state index is -0.732. The molecular weight excluding hydrogens is 478 g/mol. The van der Waals surface area contributed by atoms with Crippen molar-refractivity contribution < 1.29 is 19.1 Å². The second-order valence-electron chi connectivity index (χ2n) is 8.45. The Balaban J connectivity index is 1.86. The molecule has 0 amide bonds. The van der Waals surface area contributed by atoms with Gasteiger partial charge in [0.15, 0.2) is 4.80 Å². The molecule has 186 valence electrons. The Bertz CT molecular complexity index is 1510. The van der Waals surface area contributed by atoms with Crippen LogP contribution >= 0.6 is 11.3 Å². The summed E-state index contributed by atoms with van der Waals surface area (Å²) in [5.41, 5.74) is 3.15. The molecule has 0 N–H and O–H groups in total. The minimum absolute atomic E-state index is 0.196. The van der Waals surface area contributed by atoms with Crippen molar-refractivity contribution in [1.29, 1.82) is 0 Å². The minimum Gasteiger partial charge on any atom is -0.463 e. The van der Waals surface area contributed by atoms with E-state index in [0.717, 1.165) is 11.3 Å². The number of nitrogens with zero attached hydrogens (tertiary/aromatic N) is 3. The number of thiazole rings is 1. The van der Waals surface area contributed by atoms with Crippen molar-refractivity contribution in [1.82, 2.24) is 4.57 Å². The molecule has 1 atom stereocenters. The molecule has 1 aliphatic heterocycles. The fourth-order valence-corrected chi connectivity index (χ4v) is 5.06. The van der Waals surface area contributed by atoms with Crippen LogP contribution in [0.2, 0.25) is 0 Å². The fourth-order valence-electron chi connectivity index (χ4n) is 4.01. The molecule has 0 saturated carbocycles. The van der Waals surface area contributed by atoms with Crippen molar-refractivity contribution in [3.63, 3.8) is 0 Å². The number of hydrogen-bond acceptors (Lipinski definition) is 8. The SMILES string of the molecule is CCOC(=O)C1=C(C)N=c2s/c(=C/c3ccc(N(C)C)cc3)c(=O)n2[C@H]1c1ccc(OC(C)=O)cc1. The molecule has 0 fully saturated rings. The number of benzene rings is 2. The Morgan fingerprint density at radius 1 is 1.11 bits per heavy atom. The summed E-state index contributed by atoms with van der Waals surface area (Å²) in [6.45, 7) is 4.99. The number of esters is 2. The maximum Gasteiger partial charge on any atom is 0.338 e. The summed E-state index contributed by atoms with van der Waals surface area (Å²) in [6, 6.07) is 13.9. The molecule has 0 saturated heterocycles. The van der Waals surface area contributed by atoms with Crippen molar-refractivity contribution in [2.24, 2.45) is 4.99 Å². The van der Waals surface area contributed by atoms with Crippen molar-refractivity contribution in [3.8, 4) is 5.75 Å². The van der Waals surface area contributed by atoms with E-state index in [9.17, 15) is 14.4 Å². The third-order valence-corrected chi connectivity index (χ3v) is 6.66. The number of fused-ring (bicyclic) bond motifs is 1. The zero-order chi connectivity index (χ0) is 26.0. The zero-order valence-electron chi connectivity index (χ0n) is 20.8. The van der Waals surface area contributed by atoms with E-state index in [0.29, 0.717) is 31.9 Å². The highest BCUT2D eigenvalue weighted by molar-refractivity contribution is 7.07. The first-order valence-corrected chi connectivity index (χ1v) is 12.3. The third-order valence-electron chi connectivity index (χ3n) is 5.68. The van der Waals surface area contributed by atoms with E-state index in [4.69, 9.17) is 9.47 Å². The van der Waals surface area contributed by atoms with Gasteiger partial charge in [-0.3, -0.25) is 14.2 Å². The van der Waals surface area contributed by atoms with Gasteiger partial charge in [0.2, 0.25) is 0 Å². The van der Waals surface area contributed by atoms with E-state index in [1.807, 2.05) is 49.3 Å². The summed E-state index contributed by atoms with van der Waals surface area (Å²) < 4.78 is 12.5. The van der Waals surface area contributed by atoms with E-state index in [1.165, 1.54) is 22.8 Å². The van der Waals surface area contributed by atoms with Gasteiger partial charge in [0.1, 0.15) is 5.75 Å². The van der Waals surface area contributed by atoms with E-state index in [2.05, 4.69) is 4.99 Å². The number of aromatic nitrogens is 1. The van der Waals surface area contributed by atoms with Crippen LogP contribution in [0.4, 0.5) is 5.69 Å². The quantitative estimate of drug-likeness (QED) is 0.378. The summed E-state index contributed by atoms with van der Waals surface area (Å²) >= 11 is 1.27. The summed E-state index contributed by atoms with van der Waals surface area (Å²) in [5, 5.41) is 0. The second-order valence-corrected chi connectivity index (χ2v) is 9.46. The average Bonchev–Trinajstić information content (AvgIpc) is 3.13. The lowest BCUT2D eigenvalue weighted by molar-refractivity contribution is -0.139. The molecule has 0 spiro atoms. The molecular formula is C27H27N3O5S. The molecule has 9 heteroatoms. The van der Waals surface area contributed by atoms with Gasteiger partial charge in [-0.25, -0.2) is 9.79 Å². The summed E-state index contributed by atoms with van der Waals surface area (Å²) in [4.78, 5) is 45.0. The van der Waals surface area contributed by atoms with Gasteiger partial charge in [-0.1, -0.05) is 35.6 Å². The third kappa shape index (κ3) is 5.01. The van der Waals surface area contributed by atoms with Crippen LogP contribution in [0.15, 0.2) is 69.6 Å². The van der Waals surface area contributed by atoms with Gasteiger partial charge >= 0.3 is 11.9 Å². The van der Waals surface area contributed by atoms with Crippen molar-refractivity contribution >= 4 is 35.0 Å². The van der Waals surface area contributed by atoms with Crippen LogP contribution in [-0.2, 0) is 14.3 Å². The maximum absolute atomic E-state index is 13.7. The van der Waals surface area contributed by atoms with Crippen molar-refractivity contribution in [2.75, 3.05) is 25.6 Å². The number of hydrogen-bond donors (Lipinski definition) is 0. The normalized spacial score (nSPS) is 15.2. The van der Waals surface area contributed by atoms with E-state index in [1.54, 1.807) is 38.1 Å². The van der Waals surface area contributed by atoms with E-state index < -0.39 is 18.0 Å². The van der Waals surface area contributed by atoms with Crippen LogP contribution in [0.3, 0.4) is 0 Å². The Morgan fingerprint density at radius 2 is 1.78 bits per heavy atom. The van der Waals surface area contributed by atoms with E-state index in [-0.39, 0.29) is 12.2 Å². The molecule has 0 unspecified atom stereocenters. The topological polar surface area (TPSA) is 90.2 Å². The smallest absolute Gasteiger partial charge is 0.338 e. The number of carbonyl (C=O) groups excluding carboxylic acids is 2. The van der Waals surface area contributed by atoms with Crippen LogP contribution in [-0.4, -0.2) is 37.2 Å². The monoisotopic (exact) mass is 505 g/mol. The van der Waals surface area contributed by atoms with Gasteiger partial charge in [-0.2, -0.15) is 0 Å². The molecule has 2 heterocycles. The lowest BCUT2D eigenvalue weighted by Crippen LogP contribution is -2.39. The molecule has 8 nitrogen and oxygen atoms in total. The molecule has 36 heavy (non-hydrogen) atoms. The molecule has 0 radical (unpaired) electrons. The molecule has 0 bridgehead atoms. The molecule has 3 aromatic rings. The lowest BCUT2D eigenvalue weighted by Gasteiger charge is -2.24. The van der Waals surface area contributed by atoms with Gasteiger partial charge in [0.05, 0.1) is 28.5 Å². The highest BCUT2D eigenvalue weighted by Gasteiger charge is 2.33. The zero-order valence-corrected chi connectivity index (χ0v) is 21.6. The van der Waals surface area contributed by atoms with Crippen LogP contribution in [0.5, 0.6) is 5.75 Å². The Kier molecular flexibility index (Phi) is 7.21. The summed E-state index contributed by atoms with van der Waals surface area (Å²) in [6.07, 6.45) is 1.83. The lowest BCUT2D eigenvalue weighted by atomic mass is 9.96. The highest BCUT2D eigenvalue weighted by Crippen LogP contribution is 2.31. The standard InChI is InChI=1S/C27H27N3O5S/c1-6-34-26(33)23-16(2)28-27-30(24(23)19-9-13-21(14-10-19)35-17(3)31)25(32)22(36-27)15-18-7-11-20(12-8-18)29(4)5/h7-15,24H,6H2,1-5H3/b22-15+/t24-/m0/s1. The van der Waals surface area contributed by atoms with Crippen molar-refractivity contribution in [2.45, 2.75) is 26.8 Å². The summed E-state index contributed by atoms with van der Waals surface area (Å²) in [5.74, 6) is -0.586. The molecule has 4 rings (SSSR count). The first kappa shape index (κ1) is 25.1. The molecule has 1 aliphatic rings. The molecule has 1 aromatic heterocycles. The number of carbonyl (C=O) groups is 2. The van der Waals surface area contributed by atoms with Crippen LogP contribution in [0.25, 0.3) is 6.08 Å². The van der Waals surface area contributed by atoms with Crippen LogP contribution in [0, 0.1) is 0 Å². The van der Waals surface area contributed by atoms with Gasteiger partial charge in [0, 0.05) is 26.7 Å². The van der Waals surface area contributed by atoms with Gasteiger partial charge in [-0.15, -0.1) is 0 Å². The number of ether oxygens (including phenoxy) is 2. The van der Waals surface area contributed by atoms with Gasteiger partial charge in [0.25, 0.3) is 5.56 Å². The fraction of sp³-hybridized carbons (Fsp3) is 0.259. The number of allylic oxidation sites excluding steroid dienone is 1. The Morgan fingerprint density at radius 3 is 2.36 bits per heavy atom. The van der Waals surface area contributed by atoms with E-state index >= 15 is 0 Å². The van der Waals surface area contributed by atoms with Gasteiger partial charge in [-0.05, 0) is 55.3 Å². The van der Waals surface area contributed by atoms with Crippen molar-refractivity contribution in [3.05, 3.63) is 90.6 Å². The largest absolute Gasteiger partial charge is 0.463 e. The van der Waals surface area contributed by atoms with Gasteiger partial charge < -0.3 is 14.4 Å². The number of rotatable bonds is 6. The first-order chi connectivity index (χ1) is 17.2. The predicted octanol–water partition coefficient (Wildman–Crippen LogP) is 2.79. The summed E-state index contributed by atoms with van der Waals surface area (Å²) in [7, 11) is 3.94. The van der Waals surface area contributed by atoms with Crippen LogP contribution in [0.1, 0.15) is 37.9 Å². The Labute approximate surface area is 212 Å². The molecule has 2 aromatic carbocycles. The Hall–Kier alpha value is -3.98. The second kappa shape index (κ2) is 10.3. The highest BCUT2D eigenvalue weighted by atomic mass is 32.1. The predicted molar refractivity (Wildman–Crippen MR) is 139 cm³/mol. The van der Waals surface area contributed by atoms with Crippen LogP contribution < -0.4 is 24.5 Å². The number of anilines is 1. The average molecular weight is 506 g/mol. The molecule has 0 aliphatic carbocycles. The maximum atomic E-state index is 13.7. The first-order valence-electron chi connectivity index (χ1n) is 11.4.